The van der Waals surface area contributed by atoms with Crippen LogP contribution < -0.4 is 5.32 Å². The number of anilines is 1. The van der Waals surface area contributed by atoms with Crippen LogP contribution in [0.15, 0.2) is 40.1 Å². The molecule has 0 saturated carbocycles. The van der Waals surface area contributed by atoms with E-state index in [1.54, 1.807) is 25.1 Å². The van der Waals surface area contributed by atoms with Crippen molar-refractivity contribution < 1.29 is 14.3 Å². The number of esters is 1. The van der Waals surface area contributed by atoms with Crippen molar-refractivity contribution in [1.82, 2.24) is 4.98 Å². The fourth-order valence-electron chi connectivity index (χ4n) is 1.76. The Labute approximate surface area is 149 Å². The van der Waals surface area contributed by atoms with E-state index in [9.17, 15) is 9.59 Å². The molecule has 24 heavy (non-hydrogen) atoms. The average Bonchev–Trinajstić information content (AvgIpc) is 2.98. The van der Waals surface area contributed by atoms with Gasteiger partial charge in [-0.05, 0) is 37.6 Å². The Morgan fingerprint density at radius 3 is 2.71 bits per heavy atom. The molecule has 2 aromatic rings. The number of nitrogens with one attached hydrogen (secondary N) is 1. The van der Waals surface area contributed by atoms with Gasteiger partial charge in [-0.15, -0.1) is 11.3 Å². The summed E-state index contributed by atoms with van der Waals surface area (Å²) in [7, 11) is 0. The molecule has 5 nitrogen and oxygen atoms in total. The lowest BCUT2D eigenvalue weighted by atomic mass is 10.2. The maximum Gasteiger partial charge on any atom is 0.330 e. The van der Waals surface area contributed by atoms with Crippen molar-refractivity contribution in [1.29, 1.82) is 0 Å². The highest BCUT2D eigenvalue weighted by Gasteiger charge is 2.06. The molecule has 126 valence electrons. The minimum Gasteiger partial charge on any atom is -0.463 e. The second-order valence-electron chi connectivity index (χ2n) is 4.80. The smallest absolute Gasteiger partial charge is 0.330 e. The number of nitrogens with zero attached hydrogens (tertiary/aromatic N) is 1. The molecule has 1 aromatic carbocycles. The Kier molecular flexibility index (Phi) is 7.02. The number of thiazole rings is 1. The van der Waals surface area contributed by atoms with E-state index < -0.39 is 0 Å². The molecule has 0 atom stereocenters. The van der Waals surface area contributed by atoms with Crippen LogP contribution in [0.3, 0.4) is 0 Å². The Morgan fingerprint density at radius 2 is 2.08 bits per heavy atom. The van der Waals surface area contributed by atoms with Gasteiger partial charge >= 0.3 is 5.97 Å². The maximum atomic E-state index is 11.9. The van der Waals surface area contributed by atoms with E-state index in [1.807, 2.05) is 24.4 Å². The Balaban J connectivity index is 1.82. The molecule has 1 heterocycles. The first-order valence-corrected chi connectivity index (χ1v) is 9.23. The Bertz CT molecular complexity index is 724. The first-order chi connectivity index (χ1) is 11.6. The number of aromatic nitrogens is 1. The molecule has 0 aliphatic carbocycles. The van der Waals surface area contributed by atoms with Gasteiger partial charge < -0.3 is 10.1 Å². The van der Waals surface area contributed by atoms with Crippen molar-refractivity contribution in [2.75, 3.05) is 17.7 Å². The molecule has 0 spiro atoms. The normalized spacial score (nSPS) is 10.8. The SMILES string of the molecule is CCOC(=O)/C=C/c1ccc(NC(=O)CSc2nc(C)cs2)cc1. The van der Waals surface area contributed by atoms with Gasteiger partial charge in [0.15, 0.2) is 4.34 Å². The van der Waals surface area contributed by atoms with Crippen molar-refractivity contribution in [2.45, 2.75) is 18.2 Å². The fourth-order valence-corrected chi connectivity index (χ4v) is 3.40. The fraction of sp³-hybridized carbons (Fsp3) is 0.235. The summed E-state index contributed by atoms with van der Waals surface area (Å²) in [6, 6.07) is 7.23. The lowest BCUT2D eigenvalue weighted by Crippen LogP contribution is -2.13. The van der Waals surface area contributed by atoms with Crippen LogP contribution in [0.25, 0.3) is 6.08 Å². The summed E-state index contributed by atoms with van der Waals surface area (Å²) in [5.74, 6) is -0.135. The molecule has 1 aromatic heterocycles. The average molecular weight is 362 g/mol. The van der Waals surface area contributed by atoms with Gasteiger partial charge in [0, 0.05) is 22.8 Å². The topological polar surface area (TPSA) is 68.3 Å². The number of carbonyl (C=O) groups excluding carboxylic acids is 2. The van der Waals surface area contributed by atoms with Gasteiger partial charge in [0.05, 0.1) is 12.4 Å². The molecule has 0 radical (unpaired) electrons. The largest absolute Gasteiger partial charge is 0.463 e. The summed E-state index contributed by atoms with van der Waals surface area (Å²) in [5.41, 5.74) is 2.53. The van der Waals surface area contributed by atoms with E-state index in [4.69, 9.17) is 4.74 Å². The summed E-state index contributed by atoms with van der Waals surface area (Å²) in [4.78, 5) is 27.5. The van der Waals surface area contributed by atoms with E-state index >= 15 is 0 Å². The molecule has 1 amide bonds. The van der Waals surface area contributed by atoms with Crippen molar-refractivity contribution in [3.8, 4) is 0 Å². The van der Waals surface area contributed by atoms with Crippen LogP contribution in [0.2, 0.25) is 0 Å². The van der Waals surface area contributed by atoms with E-state index in [-0.39, 0.29) is 11.9 Å². The third-order valence-electron chi connectivity index (χ3n) is 2.82. The number of amides is 1. The highest BCUT2D eigenvalue weighted by atomic mass is 32.2. The number of aryl methyl sites for hydroxylation is 1. The zero-order valence-corrected chi connectivity index (χ0v) is 15.1. The van der Waals surface area contributed by atoms with Crippen molar-refractivity contribution >= 4 is 46.7 Å². The molecule has 0 aliphatic heterocycles. The van der Waals surface area contributed by atoms with Crippen LogP contribution in [0.5, 0.6) is 0 Å². The Morgan fingerprint density at radius 1 is 1.33 bits per heavy atom. The number of carbonyl (C=O) groups is 2. The van der Waals surface area contributed by atoms with Crippen LogP contribution in [0.4, 0.5) is 5.69 Å². The maximum absolute atomic E-state index is 11.9. The molecular weight excluding hydrogens is 344 g/mol. The summed E-state index contributed by atoms with van der Waals surface area (Å²) in [6.07, 6.45) is 3.05. The second kappa shape index (κ2) is 9.24. The minimum atomic E-state index is -0.371. The summed E-state index contributed by atoms with van der Waals surface area (Å²) in [6.45, 7) is 4.04. The van der Waals surface area contributed by atoms with Gasteiger partial charge in [-0.25, -0.2) is 9.78 Å². The van der Waals surface area contributed by atoms with Gasteiger partial charge in [0.25, 0.3) is 0 Å². The molecule has 0 aliphatic rings. The molecule has 0 saturated heterocycles. The van der Waals surface area contributed by atoms with Crippen molar-refractivity contribution in [2.24, 2.45) is 0 Å². The van der Waals surface area contributed by atoms with E-state index in [0.717, 1.165) is 15.6 Å². The third kappa shape index (κ3) is 6.17. The van der Waals surface area contributed by atoms with Crippen molar-refractivity contribution in [3.63, 3.8) is 0 Å². The van der Waals surface area contributed by atoms with E-state index in [0.29, 0.717) is 18.0 Å². The van der Waals surface area contributed by atoms with E-state index in [2.05, 4.69) is 10.3 Å². The van der Waals surface area contributed by atoms with Gasteiger partial charge in [0.2, 0.25) is 5.91 Å². The van der Waals surface area contributed by atoms with Crippen LogP contribution >= 0.6 is 23.1 Å². The zero-order valence-electron chi connectivity index (χ0n) is 13.4. The summed E-state index contributed by atoms with van der Waals surface area (Å²) in [5, 5.41) is 4.79. The second-order valence-corrected chi connectivity index (χ2v) is 6.88. The predicted octanol–water partition coefficient (Wildman–Crippen LogP) is 3.76. The van der Waals surface area contributed by atoms with E-state index in [1.165, 1.54) is 29.2 Å². The third-order valence-corrected chi connectivity index (χ3v) is 4.96. The highest BCUT2D eigenvalue weighted by molar-refractivity contribution is 8.01. The van der Waals surface area contributed by atoms with Gasteiger partial charge in [0.1, 0.15) is 0 Å². The number of rotatable bonds is 7. The predicted molar refractivity (Wildman–Crippen MR) is 98.3 cm³/mol. The van der Waals surface area contributed by atoms with Crippen LogP contribution in [0, 0.1) is 6.92 Å². The minimum absolute atomic E-state index is 0.0809. The highest BCUT2D eigenvalue weighted by Crippen LogP contribution is 2.22. The summed E-state index contributed by atoms with van der Waals surface area (Å²) >= 11 is 2.96. The van der Waals surface area contributed by atoms with Gasteiger partial charge in [-0.2, -0.15) is 0 Å². The quantitative estimate of drug-likeness (QED) is 0.461. The molecule has 7 heteroatoms. The molecule has 2 rings (SSSR count). The standard InChI is InChI=1S/C17H18N2O3S2/c1-3-22-16(21)9-6-13-4-7-14(8-5-13)19-15(20)11-24-17-18-12(2)10-23-17/h4-10H,3,11H2,1-2H3,(H,19,20)/b9-6+. The number of hydrogen-bond donors (Lipinski definition) is 1. The Hall–Kier alpha value is -2.12. The monoisotopic (exact) mass is 362 g/mol. The number of ether oxygens (including phenoxy) is 1. The van der Waals surface area contributed by atoms with Gasteiger partial charge in [-0.3, -0.25) is 4.79 Å². The molecular formula is C17H18N2O3S2. The van der Waals surface area contributed by atoms with Gasteiger partial charge in [-0.1, -0.05) is 23.9 Å². The molecule has 0 unspecified atom stereocenters. The van der Waals surface area contributed by atoms with Crippen molar-refractivity contribution in [3.05, 3.63) is 47.0 Å². The van der Waals surface area contributed by atoms with Crippen LogP contribution in [-0.4, -0.2) is 29.2 Å². The lowest BCUT2D eigenvalue weighted by molar-refractivity contribution is -0.137. The summed E-state index contributed by atoms with van der Waals surface area (Å²) < 4.78 is 5.71. The molecule has 0 fully saturated rings. The first-order valence-electron chi connectivity index (χ1n) is 7.36. The molecule has 0 bridgehead atoms. The zero-order chi connectivity index (χ0) is 17.4. The number of hydrogen-bond acceptors (Lipinski definition) is 6. The van der Waals surface area contributed by atoms with Crippen LogP contribution in [0.1, 0.15) is 18.2 Å². The molecule has 1 N–H and O–H groups in total. The number of thioether (sulfide) groups is 1. The van der Waals surface area contributed by atoms with Crippen LogP contribution in [-0.2, 0) is 14.3 Å². The lowest BCUT2D eigenvalue weighted by Gasteiger charge is -2.04. The number of benzene rings is 1. The first kappa shape index (κ1) is 18.2.